The number of piperidine rings is 1. The summed E-state index contributed by atoms with van der Waals surface area (Å²) in [6, 6.07) is 17.6. The molecule has 1 saturated heterocycles. The Kier molecular flexibility index (Phi) is 7.71. The van der Waals surface area contributed by atoms with Crippen molar-refractivity contribution in [2.45, 2.75) is 51.8 Å². The van der Waals surface area contributed by atoms with E-state index in [9.17, 15) is 9.59 Å². The maximum atomic E-state index is 12.7. The number of ether oxygens (including phenoxy) is 1. The van der Waals surface area contributed by atoms with E-state index in [1.807, 2.05) is 61.5 Å². The van der Waals surface area contributed by atoms with Crippen LogP contribution >= 0.6 is 0 Å². The van der Waals surface area contributed by atoms with E-state index in [1.54, 1.807) is 0 Å². The van der Waals surface area contributed by atoms with Crippen LogP contribution in [0.2, 0.25) is 0 Å². The molecule has 0 spiro atoms. The smallest absolute Gasteiger partial charge is 0.407 e. The fraction of sp³-hybridized carbons (Fsp3) is 0.417. The third-order valence-corrected chi connectivity index (χ3v) is 5.51. The van der Waals surface area contributed by atoms with Crippen molar-refractivity contribution in [3.8, 4) is 0 Å². The Labute approximate surface area is 178 Å². The van der Waals surface area contributed by atoms with Crippen LogP contribution in [0.15, 0.2) is 54.6 Å². The second-order valence-corrected chi connectivity index (χ2v) is 7.77. The molecule has 2 aromatic carbocycles. The van der Waals surface area contributed by atoms with Gasteiger partial charge in [0.25, 0.3) is 5.91 Å². The summed E-state index contributed by atoms with van der Waals surface area (Å²) < 4.78 is 5.32. The van der Waals surface area contributed by atoms with Gasteiger partial charge in [0.1, 0.15) is 6.61 Å². The summed E-state index contributed by atoms with van der Waals surface area (Å²) in [5, 5.41) is 6.01. The fourth-order valence-electron chi connectivity index (χ4n) is 3.54. The predicted molar refractivity (Wildman–Crippen MR) is 119 cm³/mol. The summed E-state index contributed by atoms with van der Waals surface area (Å²) in [5.74, 6) is -0.0373. The highest BCUT2D eigenvalue weighted by molar-refractivity contribution is 6.00. The molecule has 0 radical (unpaired) electrons. The Bertz CT molecular complexity index is 833. The number of alkyl carbamates (subject to hydrolysis) is 1. The number of para-hydroxylation sites is 1. The highest BCUT2D eigenvalue weighted by Crippen LogP contribution is 2.24. The van der Waals surface area contributed by atoms with Gasteiger partial charge >= 0.3 is 6.09 Å². The number of hydrogen-bond donors (Lipinski definition) is 2. The van der Waals surface area contributed by atoms with Crippen LogP contribution in [0.4, 0.5) is 10.5 Å². The molecule has 2 aromatic rings. The molecule has 1 aliphatic heterocycles. The lowest BCUT2D eigenvalue weighted by Crippen LogP contribution is -2.45. The molecule has 1 atom stereocenters. The lowest BCUT2D eigenvalue weighted by atomic mass is 10.0. The summed E-state index contributed by atoms with van der Waals surface area (Å²) >= 11 is 0. The molecule has 3 rings (SSSR count). The van der Waals surface area contributed by atoms with Gasteiger partial charge in [0.2, 0.25) is 0 Å². The van der Waals surface area contributed by atoms with Gasteiger partial charge in [-0.2, -0.15) is 0 Å². The van der Waals surface area contributed by atoms with E-state index >= 15 is 0 Å². The van der Waals surface area contributed by atoms with E-state index < -0.39 is 0 Å². The maximum Gasteiger partial charge on any atom is 0.407 e. The third kappa shape index (κ3) is 5.99. The molecule has 6 heteroatoms. The molecule has 0 saturated carbocycles. The Morgan fingerprint density at radius 2 is 1.73 bits per heavy atom. The van der Waals surface area contributed by atoms with Crippen LogP contribution < -0.4 is 15.5 Å². The maximum absolute atomic E-state index is 12.7. The molecule has 2 amide bonds. The molecule has 1 aliphatic rings. The molecule has 0 aromatic heterocycles. The van der Waals surface area contributed by atoms with E-state index in [0.29, 0.717) is 5.56 Å². The minimum atomic E-state index is -0.384. The van der Waals surface area contributed by atoms with Gasteiger partial charge in [-0.1, -0.05) is 49.4 Å². The number of nitrogens with one attached hydrogen (secondary N) is 2. The van der Waals surface area contributed by atoms with Gasteiger partial charge < -0.3 is 20.3 Å². The first-order valence-electron chi connectivity index (χ1n) is 10.7. The molecule has 2 N–H and O–H groups in total. The molecule has 0 bridgehead atoms. The number of amides is 2. The number of rotatable bonds is 7. The van der Waals surface area contributed by atoms with Crippen LogP contribution in [0.1, 0.15) is 49.0 Å². The van der Waals surface area contributed by atoms with Crippen LogP contribution in [0.5, 0.6) is 0 Å². The van der Waals surface area contributed by atoms with Crippen LogP contribution in [-0.2, 0) is 11.3 Å². The van der Waals surface area contributed by atoms with Crippen LogP contribution in [0, 0.1) is 0 Å². The molecule has 6 nitrogen and oxygen atoms in total. The van der Waals surface area contributed by atoms with Gasteiger partial charge in [0.05, 0.1) is 5.56 Å². The van der Waals surface area contributed by atoms with E-state index in [4.69, 9.17) is 4.74 Å². The zero-order valence-corrected chi connectivity index (χ0v) is 17.8. The summed E-state index contributed by atoms with van der Waals surface area (Å²) in [5.41, 5.74) is 2.62. The number of carbonyl (C=O) groups is 2. The molecule has 30 heavy (non-hydrogen) atoms. The van der Waals surface area contributed by atoms with Gasteiger partial charge in [0.15, 0.2) is 0 Å². The summed E-state index contributed by atoms with van der Waals surface area (Å²) in [6.07, 6.45) is 2.13. The second-order valence-electron chi connectivity index (χ2n) is 7.77. The monoisotopic (exact) mass is 409 g/mol. The molecule has 1 heterocycles. The minimum absolute atomic E-state index is 0.0373. The van der Waals surface area contributed by atoms with Crippen molar-refractivity contribution in [1.29, 1.82) is 0 Å². The number of anilines is 1. The molecule has 1 unspecified atom stereocenters. The average molecular weight is 410 g/mol. The first kappa shape index (κ1) is 21.7. The van der Waals surface area contributed by atoms with Crippen molar-refractivity contribution in [3.63, 3.8) is 0 Å². The first-order valence-corrected chi connectivity index (χ1v) is 10.7. The number of carbonyl (C=O) groups excluding carboxylic acids is 2. The van der Waals surface area contributed by atoms with Crippen molar-refractivity contribution in [1.82, 2.24) is 10.6 Å². The van der Waals surface area contributed by atoms with Crippen molar-refractivity contribution in [3.05, 3.63) is 65.7 Å². The van der Waals surface area contributed by atoms with E-state index in [-0.39, 0.29) is 30.7 Å². The standard InChI is InChI=1S/C24H31N3O3/c1-3-18(2)25-23(28)21-11-7-8-12-22(21)27-15-13-20(14-16-27)26-24(29)30-17-19-9-5-4-6-10-19/h4-12,18,20H,3,13-17H2,1-2H3,(H,25,28)(H,26,29). The van der Waals surface area contributed by atoms with Crippen molar-refractivity contribution in [2.75, 3.05) is 18.0 Å². The van der Waals surface area contributed by atoms with Gasteiger partial charge in [-0.25, -0.2) is 4.79 Å². The SMILES string of the molecule is CCC(C)NC(=O)c1ccccc1N1CCC(NC(=O)OCc2ccccc2)CC1. The zero-order valence-electron chi connectivity index (χ0n) is 17.8. The Balaban J connectivity index is 1.51. The fourth-order valence-corrected chi connectivity index (χ4v) is 3.54. The Morgan fingerprint density at radius 3 is 2.43 bits per heavy atom. The van der Waals surface area contributed by atoms with Crippen molar-refractivity contribution >= 4 is 17.7 Å². The van der Waals surface area contributed by atoms with Gasteiger partial charge in [-0.15, -0.1) is 0 Å². The van der Waals surface area contributed by atoms with Crippen LogP contribution in [0.3, 0.4) is 0 Å². The van der Waals surface area contributed by atoms with Gasteiger partial charge in [-0.3, -0.25) is 4.79 Å². The summed E-state index contributed by atoms with van der Waals surface area (Å²) in [4.78, 5) is 27.0. The van der Waals surface area contributed by atoms with E-state index in [0.717, 1.165) is 43.6 Å². The quantitative estimate of drug-likeness (QED) is 0.722. The Morgan fingerprint density at radius 1 is 1.07 bits per heavy atom. The van der Waals surface area contributed by atoms with E-state index in [1.165, 1.54) is 0 Å². The normalized spacial score (nSPS) is 15.3. The molecule has 1 fully saturated rings. The zero-order chi connectivity index (χ0) is 21.3. The van der Waals surface area contributed by atoms with Crippen molar-refractivity contribution < 1.29 is 14.3 Å². The lowest BCUT2D eigenvalue weighted by Gasteiger charge is -2.34. The van der Waals surface area contributed by atoms with Gasteiger partial charge in [-0.05, 0) is 43.9 Å². The number of hydrogen-bond acceptors (Lipinski definition) is 4. The van der Waals surface area contributed by atoms with Crippen LogP contribution in [0.25, 0.3) is 0 Å². The predicted octanol–water partition coefficient (Wildman–Crippen LogP) is 4.11. The molecular weight excluding hydrogens is 378 g/mol. The summed E-state index contributed by atoms with van der Waals surface area (Å²) in [6.45, 7) is 5.88. The first-order chi connectivity index (χ1) is 14.6. The third-order valence-electron chi connectivity index (χ3n) is 5.51. The lowest BCUT2D eigenvalue weighted by molar-refractivity contribution is 0.0939. The molecule has 0 aliphatic carbocycles. The van der Waals surface area contributed by atoms with Crippen LogP contribution in [-0.4, -0.2) is 37.2 Å². The van der Waals surface area contributed by atoms with E-state index in [2.05, 4.69) is 22.5 Å². The number of nitrogens with zero attached hydrogens (tertiary/aromatic N) is 1. The second kappa shape index (κ2) is 10.7. The van der Waals surface area contributed by atoms with Gasteiger partial charge in [0, 0.05) is 30.9 Å². The Hall–Kier alpha value is -3.02. The average Bonchev–Trinajstić information content (AvgIpc) is 2.79. The topological polar surface area (TPSA) is 70.7 Å². The number of benzene rings is 2. The van der Waals surface area contributed by atoms with Crippen molar-refractivity contribution in [2.24, 2.45) is 0 Å². The molecular formula is C24H31N3O3. The largest absolute Gasteiger partial charge is 0.445 e. The summed E-state index contributed by atoms with van der Waals surface area (Å²) in [7, 11) is 0. The highest BCUT2D eigenvalue weighted by atomic mass is 16.5. The minimum Gasteiger partial charge on any atom is -0.445 e. The molecule has 160 valence electrons. The highest BCUT2D eigenvalue weighted by Gasteiger charge is 2.24.